The third kappa shape index (κ3) is 4.80. The van der Waals surface area contributed by atoms with Gasteiger partial charge in [0.2, 0.25) is 5.91 Å². The Bertz CT molecular complexity index is 477. The van der Waals surface area contributed by atoms with Crippen LogP contribution in [0, 0.1) is 5.92 Å². The van der Waals surface area contributed by atoms with Gasteiger partial charge in [-0.25, -0.2) is 0 Å². The molecular formula is C16H24BrN3O. The van der Waals surface area contributed by atoms with Gasteiger partial charge in [-0.3, -0.25) is 9.69 Å². The maximum Gasteiger partial charge on any atom is 0.234 e. The Morgan fingerprint density at radius 2 is 2.14 bits per heavy atom. The van der Waals surface area contributed by atoms with E-state index in [1.165, 1.54) is 0 Å². The first-order chi connectivity index (χ1) is 9.95. The average molecular weight is 354 g/mol. The molecule has 5 heteroatoms. The highest BCUT2D eigenvalue weighted by molar-refractivity contribution is 9.10. The van der Waals surface area contributed by atoms with Crippen LogP contribution in [0.15, 0.2) is 28.7 Å². The van der Waals surface area contributed by atoms with E-state index in [0.717, 1.165) is 29.5 Å². The summed E-state index contributed by atoms with van der Waals surface area (Å²) in [6.45, 7) is 6.43. The number of likely N-dealkylation sites (tertiary alicyclic amines) is 1. The number of hydrogen-bond acceptors (Lipinski definition) is 3. The third-order valence-corrected chi connectivity index (χ3v) is 4.70. The second-order valence-corrected chi connectivity index (χ2v) is 6.92. The summed E-state index contributed by atoms with van der Waals surface area (Å²) >= 11 is 3.42. The molecule has 0 aliphatic carbocycles. The summed E-state index contributed by atoms with van der Waals surface area (Å²) in [6.07, 6.45) is 0.969. The molecule has 1 saturated heterocycles. The zero-order valence-corrected chi connectivity index (χ0v) is 14.3. The van der Waals surface area contributed by atoms with Gasteiger partial charge in [0.15, 0.2) is 0 Å². The van der Waals surface area contributed by atoms with E-state index in [9.17, 15) is 4.79 Å². The van der Waals surface area contributed by atoms with Gasteiger partial charge in [-0.1, -0.05) is 35.0 Å². The molecule has 4 nitrogen and oxygen atoms in total. The monoisotopic (exact) mass is 353 g/mol. The molecule has 3 atom stereocenters. The Kier molecular flexibility index (Phi) is 5.79. The van der Waals surface area contributed by atoms with Crippen LogP contribution >= 0.6 is 15.9 Å². The molecule has 1 aromatic carbocycles. The fourth-order valence-electron chi connectivity index (χ4n) is 2.72. The molecule has 0 saturated carbocycles. The smallest absolute Gasteiger partial charge is 0.234 e. The van der Waals surface area contributed by atoms with Gasteiger partial charge in [-0.15, -0.1) is 0 Å². The molecule has 0 radical (unpaired) electrons. The highest BCUT2D eigenvalue weighted by Gasteiger charge is 2.24. The number of nitrogens with one attached hydrogen (secondary N) is 1. The molecule has 2 rings (SSSR count). The van der Waals surface area contributed by atoms with Crippen molar-refractivity contribution in [2.75, 3.05) is 19.6 Å². The summed E-state index contributed by atoms with van der Waals surface area (Å²) in [5.41, 5.74) is 7.12. The van der Waals surface area contributed by atoms with Crippen molar-refractivity contribution in [1.29, 1.82) is 0 Å². The lowest BCUT2D eigenvalue weighted by Gasteiger charge is -2.34. The molecule has 0 bridgehead atoms. The second kappa shape index (κ2) is 7.38. The standard InChI is InChI=1S/C16H24BrN3O/c1-11-9-20(8-7-15(11)18)10-16(21)19-12(2)13-3-5-14(17)6-4-13/h3-6,11-12,15H,7-10,18H2,1-2H3,(H,19,21). The van der Waals surface area contributed by atoms with Gasteiger partial charge in [0.25, 0.3) is 0 Å². The number of nitrogens with two attached hydrogens (primary N) is 1. The van der Waals surface area contributed by atoms with E-state index >= 15 is 0 Å². The highest BCUT2D eigenvalue weighted by atomic mass is 79.9. The molecule has 1 fully saturated rings. The van der Waals surface area contributed by atoms with E-state index in [1.54, 1.807) is 0 Å². The van der Waals surface area contributed by atoms with Crippen molar-refractivity contribution in [2.24, 2.45) is 11.7 Å². The number of halogens is 1. The summed E-state index contributed by atoms with van der Waals surface area (Å²) in [6, 6.07) is 8.33. The number of amides is 1. The topological polar surface area (TPSA) is 58.4 Å². The van der Waals surface area contributed by atoms with Gasteiger partial charge in [0.1, 0.15) is 0 Å². The number of benzene rings is 1. The normalized spacial score (nSPS) is 24.6. The van der Waals surface area contributed by atoms with Crippen molar-refractivity contribution >= 4 is 21.8 Å². The Morgan fingerprint density at radius 1 is 1.48 bits per heavy atom. The van der Waals surface area contributed by atoms with Crippen LogP contribution in [0.3, 0.4) is 0 Å². The van der Waals surface area contributed by atoms with Gasteiger partial charge < -0.3 is 11.1 Å². The number of nitrogens with zero attached hydrogens (tertiary/aromatic N) is 1. The van der Waals surface area contributed by atoms with Crippen LogP contribution in [0.2, 0.25) is 0 Å². The first kappa shape index (κ1) is 16.5. The minimum absolute atomic E-state index is 0.0232. The fraction of sp³-hybridized carbons (Fsp3) is 0.562. The zero-order chi connectivity index (χ0) is 15.4. The lowest BCUT2D eigenvalue weighted by molar-refractivity contribution is -0.123. The minimum atomic E-state index is 0.0232. The number of carbonyl (C=O) groups excluding carboxylic acids is 1. The van der Waals surface area contributed by atoms with E-state index in [2.05, 4.69) is 33.1 Å². The molecule has 1 amide bonds. The molecule has 21 heavy (non-hydrogen) atoms. The summed E-state index contributed by atoms with van der Waals surface area (Å²) in [5.74, 6) is 0.531. The molecule has 1 heterocycles. The predicted molar refractivity (Wildman–Crippen MR) is 88.9 cm³/mol. The molecular weight excluding hydrogens is 330 g/mol. The molecule has 1 aromatic rings. The molecule has 0 spiro atoms. The maximum absolute atomic E-state index is 12.2. The number of carbonyl (C=O) groups is 1. The van der Waals surface area contributed by atoms with Gasteiger partial charge in [0, 0.05) is 23.6 Å². The van der Waals surface area contributed by atoms with Crippen LogP contribution in [0.5, 0.6) is 0 Å². The lowest BCUT2D eigenvalue weighted by atomic mass is 9.95. The van der Waals surface area contributed by atoms with Crippen LogP contribution in [0.4, 0.5) is 0 Å². The van der Waals surface area contributed by atoms with Gasteiger partial charge >= 0.3 is 0 Å². The van der Waals surface area contributed by atoms with Crippen LogP contribution in [-0.4, -0.2) is 36.5 Å². The predicted octanol–water partition coefficient (Wildman–Crippen LogP) is 2.30. The Labute approximate surface area is 135 Å². The first-order valence-electron chi connectivity index (χ1n) is 7.48. The zero-order valence-electron chi connectivity index (χ0n) is 12.7. The van der Waals surface area contributed by atoms with Gasteiger partial charge in [-0.05, 0) is 37.0 Å². The Morgan fingerprint density at radius 3 is 2.76 bits per heavy atom. The summed E-state index contributed by atoms with van der Waals surface area (Å²) in [5, 5.41) is 3.06. The van der Waals surface area contributed by atoms with E-state index < -0.39 is 0 Å². The highest BCUT2D eigenvalue weighted by Crippen LogP contribution is 2.17. The average Bonchev–Trinajstić information content (AvgIpc) is 2.43. The van der Waals surface area contributed by atoms with E-state index in [0.29, 0.717) is 12.5 Å². The van der Waals surface area contributed by atoms with Crippen molar-refractivity contribution in [2.45, 2.75) is 32.4 Å². The number of piperidine rings is 1. The fourth-order valence-corrected chi connectivity index (χ4v) is 2.98. The van der Waals surface area contributed by atoms with Gasteiger partial charge in [0.05, 0.1) is 12.6 Å². The first-order valence-corrected chi connectivity index (χ1v) is 8.27. The lowest BCUT2D eigenvalue weighted by Crippen LogP contribution is -2.49. The minimum Gasteiger partial charge on any atom is -0.348 e. The molecule has 1 aliphatic rings. The summed E-state index contributed by atoms with van der Waals surface area (Å²) in [7, 11) is 0. The Hall–Kier alpha value is -0.910. The Balaban J connectivity index is 1.82. The van der Waals surface area contributed by atoms with Crippen LogP contribution in [0.1, 0.15) is 31.9 Å². The van der Waals surface area contributed by atoms with Crippen molar-refractivity contribution in [3.8, 4) is 0 Å². The summed E-state index contributed by atoms with van der Waals surface area (Å²) in [4.78, 5) is 14.3. The maximum atomic E-state index is 12.2. The van der Waals surface area contributed by atoms with Crippen molar-refractivity contribution in [3.05, 3.63) is 34.3 Å². The molecule has 0 aromatic heterocycles. The molecule has 3 N–H and O–H groups in total. The molecule has 3 unspecified atom stereocenters. The van der Waals surface area contributed by atoms with Crippen LogP contribution in [0.25, 0.3) is 0 Å². The van der Waals surface area contributed by atoms with E-state index in [1.807, 2.05) is 31.2 Å². The third-order valence-electron chi connectivity index (χ3n) is 4.17. The van der Waals surface area contributed by atoms with Crippen molar-refractivity contribution < 1.29 is 4.79 Å². The van der Waals surface area contributed by atoms with Crippen molar-refractivity contribution in [1.82, 2.24) is 10.2 Å². The largest absolute Gasteiger partial charge is 0.348 e. The van der Waals surface area contributed by atoms with Crippen LogP contribution < -0.4 is 11.1 Å². The second-order valence-electron chi connectivity index (χ2n) is 6.01. The molecule has 116 valence electrons. The van der Waals surface area contributed by atoms with Crippen LogP contribution in [-0.2, 0) is 4.79 Å². The number of hydrogen-bond donors (Lipinski definition) is 2. The van der Waals surface area contributed by atoms with Gasteiger partial charge in [-0.2, -0.15) is 0 Å². The summed E-state index contributed by atoms with van der Waals surface area (Å²) < 4.78 is 1.04. The van der Waals surface area contributed by atoms with Crippen molar-refractivity contribution in [3.63, 3.8) is 0 Å². The van der Waals surface area contributed by atoms with E-state index in [-0.39, 0.29) is 18.0 Å². The quantitative estimate of drug-likeness (QED) is 0.872. The SMILES string of the molecule is CC(NC(=O)CN1CCC(N)C(C)C1)c1ccc(Br)cc1. The van der Waals surface area contributed by atoms with E-state index in [4.69, 9.17) is 5.73 Å². The molecule has 1 aliphatic heterocycles. The number of rotatable bonds is 4.